The number of nitrogens with one attached hydrogen (secondary N) is 1. The van der Waals surface area contributed by atoms with Gasteiger partial charge in [-0.05, 0) is 6.07 Å². The molecule has 0 aliphatic carbocycles. The Morgan fingerprint density at radius 2 is 2.29 bits per heavy atom. The number of nitrogens with zero attached hydrogens (tertiary/aromatic N) is 4. The third-order valence-electron chi connectivity index (χ3n) is 2.81. The third-order valence-corrected chi connectivity index (χ3v) is 2.81. The fourth-order valence-corrected chi connectivity index (χ4v) is 1.79. The zero-order valence-electron chi connectivity index (χ0n) is 11.3. The lowest BCUT2D eigenvalue weighted by molar-refractivity contribution is -0.383. The molecule has 0 atom stereocenters. The van der Waals surface area contributed by atoms with Crippen LogP contribution in [0.2, 0.25) is 0 Å². The molecular weight excluding hydrogens is 276 g/mol. The quantitative estimate of drug-likeness (QED) is 0.462. The number of nitro benzene ring substituents is 1. The Labute approximate surface area is 119 Å². The number of carbonyl (C=O) groups is 1. The van der Waals surface area contributed by atoms with Gasteiger partial charge in [0.2, 0.25) is 0 Å². The summed E-state index contributed by atoms with van der Waals surface area (Å²) in [7, 11) is 1.75. The van der Waals surface area contributed by atoms with Gasteiger partial charge in [-0.15, -0.1) is 0 Å². The van der Waals surface area contributed by atoms with Crippen molar-refractivity contribution < 1.29 is 9.72 Å². The molecule has 1 heterocycles. The summed E-state index contributed by atoms with van der Waals surface area (Å²) < 4.78 is 1.57. The summed E-state index contributed by atoms with van der Waals surface area (Å²) in [6.07, 6.45) is 2.02. The van der Waals surface area contributed by atoms with Crippen LogP contribution in [0.15, 0.2) is 24.5 Å². The molecule has 21 heavy (non-hydrogen) atoms. The van der Waals surface area contributed by atoms with E-state index in [1.54, 1.807) is 18.1 Å². The molecular formula is C12H14N6O3. The lowest BCUT2D eigenvalue weighted by Gasteiger charge is -2.06. The van der Waals surface area contributed by atoms with E-state index in [1.165, 1.54) is 18.2 Å². The fourth-order valence-electron chi connectivity index (χ4n) is 1.79. The molecule has 0 bridgehead atoms. The van der Waals surface area contributed by atoms with Crippen LogP contribution in [-0.4, -0.2) is 32.1 Å². The van der Waals surface area contributed by atoms with Crippen molar-refractivity contribution in [1.82, 2.24) is 20.1 Å². The molecule has 0 unspecified atom stereocenters. The molecule has 0 spiro atoms. The minimum absolute atomic E-state index is 0.0816. The Morgan fingerprint density at radius 3 is 2.90 bits per heavy atom. The number of nitrogen functional groups attached to an aromatic ring is 1. The van der Waals surface area contributed by atoms with E-state index >= 15 is 0 Å². The number of nitrogens with two attached hydrogens (primary N) is 1. The summed E-state index contributed by atoms with van der Waals surface area (Å²) in [6, 6.07) is 4.12. The average molecular weight is 290 g/mol. The molecule has 3 N–H and O–H groups in total. The topological polar surface area (TPSA) is 129 Å². The SMILES string of the molecule is Cn1cnc(CCNC(=O)c2cccc([N+](=O)[O-])c2N)n1. The number of carbonyl (C=O) groups excluding carboxylic acids is 1. The second-order valence-corrected chi connectivity index (χ2v) is 4.34. The average Bonchev–Trinajstić information content (AvgIpc) is 2.84. The normalized spacial score (nSPS) is 10.3. The molecule has 1 aromatic heterocycles. The summed E-state index contributed by atoms with van der Waals surface area (Å²) >= 11 is 0. The predicted octanol–water partition coefficient (Wildman–Crippen LogP) is 0.278. The number of hydrogen-bond donors (Lipinski definition) is 2. The van der Waals surface area contributed by atoms with E-state index in [1.807, 2.05) is 0 Å². The molecule has 0 saturated heterocycles. The molecule has 0 aliphatic heterocycles. The molecule has 0 fully saturated rings. The first-order valence-corrected chi connectivity index (χ1v) is 6.14. The fraction of sp³-hybridized carbons (Fsp3) is 0.250. The number of amides is 1. The van der Waals surface area contributed by atoms with Crippen molar-refractivity contribution in [1.29, 1.82) is 0 Å². The van der Waals surface area contributed by atoms with Crippen molar-refractivity contribution in [2.45, 2.75) is 6.42 Å². The van der Waals surface area contributed by atoms with Crippen molar-refractivity contribution in [3.05, 3.63) is 46.0 Å². The number of anilines is 1. The van der Waals surface area contributed by atoms with Crippen LogP contribution in [0.1, 0.15) is 16.2 Å². The highest BCUT2D eigenvalue weighted by Gasteiger charge is 2.18. The van der Waals surface area contributed by atoms with E-state index in [9.17, 15) is 14.9 Å². The Bertz CT molecular complexity index is 681. The first kappa shape index (κ1) is 14.4. The van der Waals surface area contributed by atoms with Gasteiger partial charge in [0.1, 0.15) is 12.0 Å². The van der Waals surface area contributed by atoms with E-state index in [-0.39, 0.29) is 16.9 Å². The van der Waals surface area contributed by atoms with Crippen LogP contribution in [0, 0.1) is 10.1 Å². The first-order valence-electron chi connectivity index (χ1n) is 6.14. The van der Waals surface area contributed by atoms with Gasteiger partial charge < -0.3 is 11.1 Å². The lowest BCUT2D eigenvalue weighted by Crippen LogP contribution is -2.27. The van der Waals surface area contributed by atoms with Gasteiger partial charge >= 0.3 is 0 Å². The van der Waals surface area contributed by atoms with Gasteiger partial charge in [0.15, 0.2) is 5.82 Å². The second kappa shape index (κ2) is 5.99. The molecule has 110 valence electrons. The Balaban J connectivity index is 2.00. The van der Waals surface area contributed by atoms with Crippen molar-refractivity contribution in [3.8, 4) is 0 Å². The molecule has 9 nitrogen and oxygen atoms in total. The second-order valence-electron chi connectivity index (χ2n) is 4.34. The Kier molecular flexibility index (Phi) is 4.12. The van der Waals surface area contributed by atoms with Gasteiger partial charge in [0, 0.05) is 26.1 Å². The highest BCUT2D eigenvalue weighted by atomic mass is 16.6. The molecule has 1 aromatic carbocycles. The van der Waals surface area contributed by atoms with Crippen LogP contribution in [0.4, 0.5) is 11.4 Å². The maximum atomic E-state index is 12.0. The lowest BCUT2D eigenvalue weighted by atomic mass is 10.1. The minimum Gasteiger partial charge on any atom is -0.393 e. The van der Waals surface area contributed by atoms with Crippen LogP contribution in [0.5, 0.6) is 0 Å². The van der Waals surface area contributed by atoms with Crippen molar-refractivity contribution >= 4 is 17.3 Å². The number of para-hydroxylation sites is 1. The van der Waals surface area contributed by atoms with E-state index in [0.717, 1.165) is 0 Å². The van der Waals surface area contributed by atoms with Gasteiger partial charge in [-0.2, -0.15) is 5.10 Å². The minimum atomic E-state index is -0.621. The Morgan fingerprint density at radius 1 is 1.52 bits per heavy atom. The van der Waals surface area contributed by atoms with E-state index < -0.39 is 10.8 Å². The zero-order valence-corrected chi connectivity index (χ0v) is 11.3. The smallest absolute Gasteiger partial charge is 0.292 e. The Hall–Kier alpha value is -2.97. The number of aromatic nitrogens is 3. The van der Waals surface area contributed by atoms with Crippen LogP contribution in [0.3, 0.4) is 0 Å². The van der Waals surface area contributed by atoms with Crippen LogP contribution in [-0.2, 0) is 13.5 Å². The van der Waals surface area contributed by atoms with E-state index in [0.29, 0.717) is 18.8 Å². The molecule has 2 aromatic rings. The summed E-state index contributed by atoms with van der Waals surface area (Å²) in [6.45, 7) is 0.310. The first-order chi connectivity index (χ1) is 9.99. The maximum Gasteiger partial charge on any atom is 0.292 e. The molecule has 1 amide bonds. The monoisotopic (exact) mass is 290 g/mol. The summed E-state index contributed by atoms with van der Waals surface area (Å²) in [4.78, 5) is 26.2. The number of nitro groups is 1. The number of aryl methyl sites for hydroxylation is 1. The van der Waals surface area contributed by atoms with Crippen LogP contribution >= 0.6 is 0 Å². The van der Waals surface area contributed by atoms with Gasteiger partial charge in [0.25, 0.3) is 11.6 Å². The van der Waals surface area contributed by atoms with Gasteiger partial charge in [-0.25, -0.2) is 4.98 Å². The summed E-state index contributed by atoms with van der Waals surface area (Å²) in [5, 5.41) is 17.5. The molecule has 0 aliphatic rings. The van der Waals surface area contributed by atoms with Gasteiger partial charge in [0.05, 0.1) is 10.5 Å². The largest absolute Gasteiger partial charge is 0.393 e. The van der Waals surface area contributed by atoms with Gasteiger partial charge in [-0.3, -0.25) is 19.6 Å². The van der Waals surface area contributed by atoms with E-state index in [2.05, 4.69) is 15.4 Å². The standard InChI is InChI=1S/C12H14N6O3/c1-17-7-15-10(16-17)5-6-14-12(19)8-3-2-4-9(11(8)13)18(20)21/h2-4,7H,5-6,13H2,1H3,(H,14,19). The summed E-state index contributed by atoms with van der Waals surface area (Å²) in [5.41, 5.74) is 5.30. The maximum absolute atomic E-state index is 12.0. The third kappa shape index (κ3) is 3.32. The molecule has 0 radical (unpaired) electrons. The number of rotatable bonds is 5. The molecule has 9 heteroatoms. The van der Waals surface area contributed by atoms with Crippen molar-refractivity contribution in [2.75, 3.05) is 12.3 Å². The predicted molar refractivity (Wildman–Crippen MR) is 74.5 cm³/mol. The zero-order chi connectivity index (χ0) is 15.4. The van der Waals surface area contributed by atoms with Gasteiger partial charge in [-0.1, -0.05) is 6.07 Å². The van der Waals surface area contributed by atoms with Crippen molar-refractivity contribution in [2.24, 2.45) is 7.05 Å². The highest BCUT2D eigenvalue weighted by molar-refractivity contribution is 6.00. The van der Waals surface area contributed by atoms with E-state index in [4.69, 9.17) is 5.73 Å². The molecule has 0 saturated carbocycles. The van der Waals surface area contributed by atoms with Crippen LogP contribution in [0.25, 0.3) is 0 Å². The number of benzene rings is 1. The summed E-state index contributed by atoms with van der Waals surface area (Å²) in [5.74, 6) is 0.136. The highest BCUT2D eigenvalue weighted by Crippen LogP contribution is 2.24. The van der Waals surface area contributed by atoms with Crippen LogP contribution < -0.4 is 11.1 Å². The molecule has 2 rings (SSSR count). The van der Waals surface area contributed by atoms with Crippen molar-refractivity contribution in [3.63, 3.8) is 0 Å². The number of hydrogen-bond acceptors (Lipinski definition) is 6.